The number of piperidine rings is 1. The van der Waals surface area contributed by atoms with Crippen LogP contribution in [-0.2, 0) is 11.2 Å². The molecule has 37 heavy (non-hydrogen) atoms. The van der Waals surface area contributed by atoms with Crippen LogP contribution < -0.4 is 10.2 Å². The van der Waals surface area contributed by atoms with E-state index in [-0.39, 0.29) is 23.9 Å². The molecule has 1 aromatic carbocycles. The first-order valence-electron chi connectivity index (χ1n) is 14.3. The number of anilines is 1. The van der Waals surface area contributed by atoms with Gasteiger partial charge in [0.15, 0.2) is 0 Å². The molecule has 198 valence electrons. The summed E-state index contributed by atoms with van der Waals surface area (Å²) in [7, 11) is 1.95. The second-order valence-corrected chi connectivity index (χ2v) is 11.4. The van der Waals surface area contributed by atoms with Crippen LogP contribution in [0.2, 0.25) is 0 Å². The SMILES string of the molecule is Cc1cc(N2CCC(N(C)C(=O)c3ccc4c(c3)C(NCC(=O)C3CCCCC3)CC4)CC2)cc(C)n1. The third-order valence-electron chi connectivity index (χ3n) is 8.82. The number of ketones is 1. The first-order valence-corrected chi connectivity index (χ1v) is 14.3. The van der Waals surface area contributed by atoms with E-state index in [9.17, 15) is 9.59 Å². The molecule has 5 rings (SSSR count). The third kappa shape index (κ3) is 5.90. The number of amides is 1. The zero-order valence-corrected chi connectivity index (χ0v) is 22.8. The Balaban J connectivity index is 1.18. The molecule has 0 bridgehead atoms. The van der Waals surface area contributed by atoms with Crippen LogP contribution >= 0.6 is 0 Å². The Labute approximate surface area is 221 Å². The summed E-state index contributed by atoms with van der Waals surface area (Å²) in [5, 5.41) is 3.54. The van der Waals surface area contributed by atoms with Gasteiger partial charge in [-0.25, -0.2) is 0 Å². The molecular formula is C31H42N4O2. The van der Waals surface area contributed by atoms with Crippen molar-refractivity contribution in [3.05, 3.63) is 58.4 Å². The van der Waals surface area contributed by atoms with Crippen molar-refractivity contribution in [2.24, 2.45) is 5.92 Å². The van der Waals surface area contributed by atoms with Crippen molar-refractivity contribution in [1.82, 2.24) is 15.2 Å². The molecule has 2 heterocycles. The Morgan fingerprint density at radius 1 is 0.973 bits per heavy atom. The summed E-state index contributed by atoms with van der Waals surface area (Å²) < 4.78 is 0. The molecule has 1 saturated heterocycles. The minimum absolute atomic E-state index is 0.0979. The van der Waals surface area contributed by atoms with Crippen molar-refractivity contribution in [1.29, 1.82) is 0 Å². The van der Waals surface area contributed by atoms with E-state index in [1.54, 1.807) is 0 Å². The number of pyridine rings is 1. The number of hydrogen-bond acceptors (Lipinski definition) is 5. The van der Waals surface area contributed by atoms with Gasteiger partial charge >= 0.3 is 0 Å². The van der Waals surface area contributed by atoms with Crippen LogP contribution in [-0.4, -0.2) is 54.3 Å². The topological polar surface area (TPSA) is 65.5 Å². The van der Waals surface area contributed by atoms with Crippen LogP contribution in [0.3, 0.4) is 0 Å². The Morgan fingerprint density at radius 3 is 2.38 bits per heavy atom. The summed E-state index contributed by atoms with van der Waals surface area (Å²) in [6.07, 6.45) is 9.65. The molecule has 2 fully saturated rings. The third-order valence-corrected chi connectivity index (χ3v) is 8.82. The van der Waals surface area contributed by atoms with Gasteiger partial charge in [0.05, 0.1) is 6.54 Å². The monoisotopic (exact) mass is 502 g/mol. The molecule has 1 atom stereocenters. The minimum Gasteiger partial charge on any atom is -0.371 e. The number of aromatic nitrogens is 1. The van der Waals surface area contributed by atoms with Crippen molar-refractivity contribution in [3.63, 3.8) is 0 Å². The quantitative estimate of drug-likeness (QED) is 0.566. The average molecular weight is 503 g/mol. The molecule has 1 amide bonds. The van der Waals surface area contributed by atoms with Crippen LogP contribution in [0.5, 0.6) is 0 Å². The molecule has 6 nitrogen and oxygen atoms in total. The lowest BCUT2D eigenvalue weighted by molar-refractivity contribution is -0.123. The molecule has 1 aromatic heterocycles. The Kier molecular flexibility index (Phi) is 7.94. The lowest BCUT2D eigenvalue weighted by atomic mass is 9.86. The van der Waals surface area contributed by atoms with Crippen LogP contribution in [0, 0.1) is 19.8 Å². The number of Topliss-reactive ketones (excluding diaryl/α,β-unsaturated/α-hetero) is 1. The van der Waals surface area contributed by atoms with Crippen LogP contribution in [0.1, 0.15) is 90.3 Å². The van der Waals surface area contributed by atoms with Crippen molar-refractivity contribution < 1.29 is 9.59 Å². The number of hydrogen-bond donors (Lipinski definition) is 1. The van der Waals surface area contributed by atoms with Gasteiger partial charge in [0, 0.05) is 60.8 Å². The fourth-order valence-corrected chi connectivity index (χ4v) is 6.62. The summed E-state index contributed by atoms with van der Waals surface area (Å²) in [4.78, 5) is 35.1. The summed E-state index contributed by atoms with van der Waals surface area (Å²) in [6.45, 7) is 6.41. The molecule has 1 aliphatic heterocycles. The highest BCUT2D eigenvalue weighted by Crippen LogP contribution is 2.33. The van der Waals surface area contributed by atoms with Gasteiger partial charge < -0.3 is 15.1 Å². The largest absolute Gasteiger partial charge is 0.371 e. The number of benzene rings is 1. The number of nitrogens with zero attached hydrogens (tertiary/aromatic N) is 3. The van der Waals surface area contributed by atoms with E-state index < -0.39 is 0 Å². The molecule has 1 saturated carbocycles. The second kappa shape index (κ2) is 11.3. The number of rotatable bonds is 7. The van der Waals surface area contributed by atoms with E-state index in [1.807, 2.05) is 31.9 Å². The van der Waals surface area contributed by atoms with Gasteiger partial charge in [-0.15, -0.1) is 0 Å². The fraction of sp³-hybridized carbons (Fsp3) is 0.581. The highest BCUT2D eigenvalue weighted by Gasteiger charge is 2.29. The molecular weight excluding hydrogens is 460 g/mol. The molecule has 1 unspecified atom stereocenters. The van der Waals surface area contributed by atoms with Crippen molar-refractivity contribution in [3.8, 4) is 0 Å². The molecule has 1 N–H and O–H groups in total. The lowest BCUT2D eigenvalue weighted by Crippen LogP contribution is -2.45. The van der Waals surface area contributed by atoms with E-state index >= 15 is 0 Å². The van der Waals surface area contributed by atoms with E-state index in [2.05, 4.69) is 39.5 Å². The van der Waals surface area contributed by atoms with Crippen LogP contribution in [0.15, 0.2) is 30.3 Å². The lowest BCUT2D eigenvalue weighted by Gasteiger charge is -2.38. The fourth-order valence-electron chi connectivity index (χ4n) is 6.62. The number of carbonyl (C=O) groups excluding carboxylic acids is 2. The first kappa shape index (κ1) is 25.9. The normalized spacial score (nSPS) is 20.6. The van der Waals surface area contributed by atoms with Crippen LogP contribution in [0.25, 0.3) is 0 Å². The molecule has 0 radical (unpaired) electrons. The highest BCUT2D eigenvalue weighted by atomic mass is 16.2. The average Bonchev–Trinajstić information content (AvgIpc) is 3.33. The van der Waals surface area contributed by atoms with Gasteiger partial charge in [-0.05, 0) is 87.8 Å². The van der Waals surface area contributed by atoms with Crippen molar-refractivity contribution >= 4 is 17.4 Å². The number of nitrogens with one attached hydrogen (secondary N) is 1. The van der Waals surface area contributed by atoms with E-state index in [4.69, 9.17) is 0 Å². The summed E-state index contributed by atoms with van der Waals surface area (Å²) >= 11 is 0. The van der Waals surface area contributed by atoms with Gasteiger partial charge in [0.1, 0.15) is 5.78 Å². The minimum atomic E-state index is 0.0979. The standard InChI is InChI=1S/C31H42N4O2/c1-21-17-27(18-22(2)33-21)35-15-13-26(14-16-35)34(3)31(37)25-10-9-23-11-12-29(28(23)19-25)32-20-30(36)24-7-5-4-6-8-24/h9-10,17-19,24,26,29,32H,4-8,11-16,20H2,1-3H3. The maximum absolute atomic E-state index is 13.5. The predicted octanol–water partition coefficient (Wildman–Crippen LogP) is 5.17. The number of aryl methyl sites for hydroxylation is 3. The van der Waals surface area contributed by atoms with Gasteiger partial charge in [-0.3, -0.25) is 14.6 Å². The number of carbonyl (C=O) groups is 2. The molecule has 6 heteroatoms. The Hall–Kier alpha value is -2.73. The predicted molar refractivity (Wildman–Crippen MR) is 148 cm³/mol. The van der Waals surface area contributed by atoms with Crippen molar-refractivity contribution in [2.45, 2.75) is 83.7 Å². The van der Waals surface area contributed by atoms with Gasteiger partial charge in [0.25, 0.3) is 5.91 Å². The zero-order valence-electron chi connectivity index (χ0n) is 22.8. The summed E-state index contributed by atoms with van der Waals surface area (Å²) in [5.41, 5.74) is 6.60. The van der Waals surface area contributed by atoms with Crippen LogP contribution in [0.4, 0.5) is 5.69 Å². The summed E-state index contributed by atoms with van der Waals surface area (Å²) in [5.74, 6) is 0.700. The van der Waals surface area contributed by atoms with Gasteiger partial charge in [-0.2, -0.15) is 0 Å². The maximum Gasteiger partial charge on any atom is 0.253 e. The highest BCUT2D eigenvalue weighted by molar-refractivity contribution is 5.94. The van der Waals surface area contributed by atoms with Gasteiger partial charge in [-0.1, -0.05) is 25.3 Å². The van der Waals surface area contributed by atoms with E-state index in [0.717, 1.165) is 68.6 Å². The Morgan fingerprint density at radius 2 is 1.68 bits per heavy atom. The van der Waals surface area contributed by atoms with Crippen molar-refractivity contribution in [2.75, 3.05) is 31.6 Å². The summed E-state index contributed by atoms with van der Waals surface area (Å²) in [6, 6.07) is 10.9. The van der Waals surface area contributed by atoms with E-state index in [0.29, 0.717) is 12.3 Å². The first-order chi connectivity index (χ1) is 17.9. The molecule has 3 aliphatic rings. The van der Waals surface area contributed by atoms with E-state index in [1.165, 1.54) is 36.1 Å². The maximum atomic E-state index is 13.5. The smallest absolute Gasteiger partial charge is 0.253 e. The van der Waals surface area contributed by atoms with Gasteiger partial charge in [0.2, 0.25) is 0 Å². The molecule has 2 aromatic rings. The molecule has 2 aliphatic carbocycles. The Bertz CT molecular complexity index is 1110. The molecule has 0 spiro atoms. The number of fused-ring (bicyclic) bond motifs is 1. The second-order valence-electron chi connectivity index (χ2n) is 11.4. The zero-order chi connectivity index (χ0) is 25.9.